The number of carbonyl (C=O) groups is 1. The highest BCUT2D eigenvalue weighted by Gasteiger charge is 2.14. The minimum absolute atomic E-state index is 0.145. The van der Waals surface area contributed by atoms with Gasteiger partial charge in [-0.05, 0) is 44.0 Å². The fourth-order valence-electron chi connectivity index (χ4n) is 2.27. The molecule has 1 aromatic rings. The molecule has 1 unspecified atom stereocenters. The summed E-state index contributed by atoms with van der Waals surface area (Å²) in [7, 11) is 1.40. The minimum atomic E-state index is -0.521. The van der Waals surface area contributed by atoms with Gasteiger partial charge in [0.2, 0.25) is 0 Å². The summed E-state index contributed by atoms with van der Waals surface area (Å²) in [4.78, 5) is 11.8. The highest BCUT2D eigenvalue weighted by atomic mass is 19.1. The lowest BCUT2D eigenvalue weighted by Gasteiger charge is -2.11. The van der Waals surface area contributed by atoms with Crippen molar-refractivity contribution in [2.24, 2.45) is 0 Å². The average Bonchev–Trinajstić information content (AvgIpc) is 2.91. The minimum Gasteiger partial charge on any atom is -0.494 e. The zero-order chi connectivity index (χ0) is 13.7. The third kappa shape index (κ3) is 3.67. The first-order chi connectivity index (χ1) is 9.20. The van der Waals surface area contributed by atoms with Gasteiger partial charge in [-0.3, -0.25) is 4.79 Å². The van der Waals surface area contributed by atoms with E-state index >= 15 is 0 Å². The molecule has 1 fully saturated rings. The van der Waals surface area contributed by atoms with E-state index in [2.05, 4.69) is 10.6 Å². The fraction of sp³-hybridized carbons (Fsp3) is 0.500. The quantitative estimate of drug-likeness (QED) is 0.853. The van der Waals surface area contributed by atoms with Crippen LogP contribution < -0.4 is 15.4 Å². The van der Waals surface area contributed by atoms with E-state index in [1.54, 1.807) is 6.07 Å². The van der Waals surface area contributed by atoms with Gasteiger partial charge in [0.25, 0.3) is 5.91 Å². The van der Waals surface area contributed by atoms with E-state index in [0.29, 0.717) is 18.2 Å². The molecule has 2 rings (SSSR count). The highest BCUT2D eigenvalue weighted by Crippen LogP contribution is 2.17. The molecule has 2 N–H and O–H groups in total. The molecule has 0 aromatic heterocycles. The Balaban J connectivity index is 1.83. The molecule has 1 atom stereocenters. The van der Waals surface area contributed by atoms with E-state index in [0.717, 1.165) is 19.4 Å². The van der Waals surface area contributed by atoms with E-state index in [1.165, 1.54) is 25.7 Å². The van der Waals surface area contributed by atoms with Gasteiger partial charge >= 0.3 is 0 Å². The Bertz CT molecular complexity index is 445. The molecule has 1 aliphatic rings. The molecule has 19 heavy (non-hydrogen) atoms. The summed E-state index contributed by atoms with van der Waals surface area (Å²) >= 11 is 0. The number of ether oxygens (including phenoxy) is 1. The largest absolute Gasteiger partial charge is 0.494 e. The van der Waals surface area contributed by atoms with Gasteiger partial charge < -0.3 is 15.4 Å². The van der Waals surface area contributed by atoms with Gasteiger partial charge in [-0.25, -0.2) is 4.39 Å². The number of hydrogen-bond donors (Lipinski definition) is 2. The van der Waals surface area contributed by atoms with Crippen molar-refractivity contribution >= 4 is 5.91 Å². The summed E-state index contributed by atoms with van der Waals surface area (Å²) in [6, 6.07) is 4.71. The van der Waals surface area contributed by atoms with Crippen molar-refractivity contribution < 1.29 is 13.9 Å². The van der Waals surface area contributed by atoms with Crippen LogP contribution in [0.2, 0.25) is 0 Å². The second-order valence-electron chi connectivity index (χ2n) is 4.69. The number of halogens is 1. The summed E-state index contributed by atoms with van der Waals surface area (Å²) < 4.78 is 18.3. The second-order valence-corrected chi connectivity index (χ2v) is 4.69. The van der Waals surface area contributed by atoms with E-state index in [1.807, 2.05) is 0 Å². The molecule has 1 amide bonds. The molecular formula is C14H19FN2O2. The molecule has 0 saturated carbocycles. The van der Waals surface area contributed by atoms with Crippen LogP contribution >= 0.6 is 0 Å². The van der Waals surface area contributed by atoms with Crippen LogP contribution in [0.25, 0.3) is 0 Å². The third-order valence-corrected chi connectivity index (χ3v) is 3.35. The molecule has 1 aliphatic heterocycles. The summed E-state index contributed by atoms with van der Waals surface area (Å²) in [5.41, 5.74) is 0.317. The molecule has 1 aromatic carbocycles. The maximum Gasteiger partial charge on any atom is 0.251 e. The third-order valence-electron chi connectivity index (χ3n) is 3.35. The molecule has 104 valence electrons. The van der Waals surface area contributed by atoms with Crippen LogP contribution in [0.3, 0.4) is 0 Å². The molecular weight excluding hydrogens is 247 g/mol. The predicted molar refractivity (Wildman–Crippen MR) is 70.9 cm³/mol. The Morgan fingerprint density at radius 2 is 2.42 bits per heavy atom. The van der Waals surface area contributed by atoms with Crippen LogP contribution in [-0.2, 0) is 0 Å². The smallest absolute Gasteiger partial charge is 0.251 e. The first-order valence-corrected chi connectivity index (χ1v) is 6.56. The van der Waals surface area contributed by atoms with Gasteiger partial charge in [0.05, 0.1) is 7.11 Å². The van der Waals surface area contributed by atoms with Crippen LogP contribution in [0.4, 0.5) is 4.39 Å². The molecule has 0 radical (unpaired) electrons. The topological polar surface area (TPSA) is 50.4 Å². The maximum atomic E-state index is 13.5. The maximum absolute atomic E-state index is 13.5. The highest BCUT2D eigenvalue weighted by molar-refractivity contribution is 5.94. The Morgan fingerprint density at radius 3 is 3.05 bits per heavy atom. The van der Waals surface area contributed by atoms with Crippen molar-refractivity contribution in [1.29, 1.82) is 0 Å². The summed E-state index contributed by atoms with van der Waals surface area (Å²) in [6.07, 6.45) is 3.26. The molecule has 1 heterocycles. The van der Waals surface area contributed by atoms with Crippen LogP contribution in [-0.4, -0.2) is 32.1 Å². The number of carbonyl (C=O) groups excluding carboxylic acids is 1. The van der Waals surface area contributed by atoms with Crippen LogP contribution in [0.1, 0.15) is 29.6 Å². The Hall–Kier alpha value is -1.62. The Kier molecular flexibility index (Phi) is 4.74. The molecule has 1 saturated heterocycles. The van der Waals surface area contributed by atoms with E-state index in [-0.39, 0.29) is 11.7 Å². The molecule has 0 spiro atoms. The fourth-order valence-corrected chi connectivity index (χ4v) is 2.27. The number of nitrogens with one attached hydrogen (secondary N) is 2. The van der Waals surface area contributed by atoms with E-state index < -0.39 is 5.82 Å². The number of hydrogen-bond acceptors (Lipinski definition) is 3. The molecule has 0 bridgehead atoms. The number of methoxy groups -OCH3 is 1. The first-order valence-electron chi connectivity index (χ1n) is 6.56. The van der Waals surface area contributed by atoms with Crippen molar-refractivity contribution in [2.75, 3.05) is 20.2 Å². The second kappa shape index (κ2) is 6.52. The standard InChI is InChI=1S/C14H19FN2O2/c1-19-13-5-4-10(9-12(13)15)14(18)17-8-6-11-3-2-7-16-11/h4-5,9,11,16H,2-3,6-8H2,1H3,(H,17,18). The predicted octanol–water partition coefficient (Wildman–Crippen LogP) is 1.71. The zero-order valence-electron chi connectivity index (χ0n) is 11.0. The Morgan fingerprint density at radius 1 is 1.58 bits per heavy atom. The lowest BCUT2D eigenvalue weighted by Crippen LogP contribution is -2.30. The Labute approximate surface area is 112 Å². The van der Waals surface area contributed by atoms with Crippen LogP contribution in [0.5, 0.6) is 5.75 Å². The van der Waals surface area contributed by atoms with Crippen molar-refractivity contribution in [3.05, 3.63) is 29.6 Å². The average molecular weight is 266 g/mol. The number of benzene rings is 1. The lowest BCUT2D eigenvalue weighted by molar-refractivity contribution is 0.0952. The van der Waals surface area contributed by atoms with Crippen molar-refractivity contribution in [3.8, 4) is 5.75 Å². The number of amides is 1. The van der Waals surface area contributed by atoms with Gasteiger partial charge in [-0.1, -0.05) is 0 Å². The summed E-state index contributed by atoms with van der Waals surface area (Å²) in [5.74, 6) is -0.626. The molecule has 0 aliphatic carbocycles. The monoisotopic (exact) mass is 266 g/mol. The van der Waals surface area contributed by atoms with Gasteiger partial charge in [0, 0.05) is 18.2 Å². The van der Waals surface area contributed by atoms with Crippen LogP contribution in [0, 0.1) is 5.82 Å². The van der Waals surface area contributed by atoms with Crippen LogP contribution in [0.15, 0.2) is 18.2 Å². The van der Waals surface area contributed by atoms with E-state index in [9.17, 15) is 9.18 Å². The van der Waals surface area contributed by atoms with Gasteiger partial charge in [0.1, 0.15) is 0 Å². The van der Waals surface area contributed by atoms with E-state index in [4.69, 9.17) is 4.74 Å². The molecule has 5 heteroatoms. The zero-order valence-corrected chi connectivity index (χ0v) is 11.0. The van der Waals surface area contributed by atoms with Crippen molar-refractivity contribution in [2.45, 2.75) is 25.3 Å². The SMILES string of the molecule is COc1ccc(C(=O)NCCC2CCCN2)cc1F. The summed E-state index contributed by atoms with van der Waals surface area (Å²) in [5, 5.41) is 6.17. The summed E-state index contributed by atoms with van der Waals surface area (Å²) in [6.45, 7) is 1.66. The van der Waals surface area contributed by atoms with Crippen molar-refractivity contribution in [3.63, 3.8) is 0 Å². The van der Waals surface area contributed by atoms with Gasteiger partial charge in [-0.2, -0.15) is 0 Å². The van der Waals surface area contributed by atoms with Gasteiger partial charge in [-0.15, -0.1) is 0 Å². The van der Waals surface area contributed by atoms with Gasteiger partial charge in [0.15, 0.2) is 11.6 Å². The first kappa shape index (κ1) is 13.8. The molecule has 4 nitrogen and oxygen atoms in total. The normalized spacial score (nSPS) is 18.3. The van der Waals surface area contributed by atoms with Crippen molar-refractivity contribution in [1.82, 2.24) is 10.6 Å². The number of rotatable bonds is 5. The lowest BCUT2D eigenvalue weighted by atomic mass is 10.1.